The molecule has 0 unspecified atom stereocenters. The molecule has 0 saturated heterocycles. The van der Waals surface area contributed by atoms with Crippen LogP contribution in [-0.2, 0) is 11.4 Å². The lowest BCUT2D eigenvalue weighted by Crippen LogP contribution is -1.91. The summed E-state index contributed by atoms with van der Waals surface area (Å²) in [5, 5.41) is 3.98. The first-order valence-electron chi connectivity index (χ1n) is 6.22. The third kappa shape index (κ3) is 3.81. The summed E-state index contributed by atoms with van der Waals surface area (Å²) in [6.07, 6.45) is 3.54. The van der Waals surface area contributed by atoms with Gasteiger partial charge in [0, 0.05) is 0 Å². The quantitative estimate of drug-likeness (QED) is 0.577. The number of oxime groups is 1. The van der Waals surface area contributed by atoms with Crippen LogP contribution in [0.1, 0.15) is 22.3 Å². The molecular weight excluding hydrogens is 234 g/mol. The Balaban J connectivity index is 1.93. The normalized spacial score (nSPS) is 10.6. The van der Waals surface area contributed by atoms with Crippen molar-refractivity contribution in [1.29, 1.82) is 0 Å². The third-order valence-electron chi connectivity index (χ3n) is 2.85. The number of nitrogens with zero attached hydrogens (tertiary/aromatic N) is 1. The van der Waals surface area contributed by atoms with Gasteiger partial charge in [0.15, 0.2) is 0 Å². The average Bonchev–Trinajstić information content (AvgIpc) is 2.46. The molecule has 2 aromatic rings. The lowest BCUT2D eigenvalue weighted by Gasteiger charge is -2.03. The third-order valence-corrected chi connectivity index (χ3v) is 2.85. The number of benzene rings is 2. The zero-order valence-electron chi connectivity index (χ0n) is 11.0. The van der Waals surface area contributed by atoms with E-state index in [1.807, 2.05) is 54.6 Å². The fourth-order valence-corrected chi connectivity index (χ4v) is 1.72. The van der Waals surface area contributed by atoms with Crippen molar-refractivity contribution in [1.82, 2.24) is 0 Å². The molecule has 2 rings (SSSR count). The summed E-state index contributed by atoms with van der Waals surface area (Å²) in [6, 6.07) is 16.1. The molecule has 0 fully saturated rings. The standard InChI is InChI=1S/C17H17NO/c1-3-16-6-4-5-7-17(16)13-19-18-12-15-10-8-14(2)9-11-15/h3-12H,1,13H2,2H3. The van der Waals surface area contributed by atoms with E-state index in [0.29, 0.717) is 6.61 Å². The molecule has 0 N–H and O–H groups in total. The molecule has 2 heteroatoms. The van der Waals surface area contributed by atoms with Crippen molar-refractivity contribution in [2.45, 2.75) is 13.5 Å². The Kier molecular flexibility index (Phi) is 4.51. The molecule has 0 heterocycles. The van der Waals surface area contributed by atoms with Gasteiger partial charge < -0.3 is 4.84 Å². The maximum atomic E-state index is 5.32. The highest BCUT2D eigenvalue weighted by Gasteiger charge is 1.97. The molecule has 0 aliphatic carbocycles. The van der Waals surface area contributed by atoms with Crippen LogP contribution < -0.4 is 0 Å². The van der Waals surface area contributed by atoms with Crippen molar-refractivity contribution in [3.05, 3.63) is 77.4 Å². The highest BCUT2D eigenvalue weighted by atomic mass is 16.6. The zero-order chi connectivity index (χ0) is 13.5. The van der Waals surface area contributed by atoms with Crippen molar-refractivity contribution < 1.29 is 4.84 Å². The van der Waals surface area contributed by atoms with Gasteiger partial charge >= 0.3 is 0 Å². The highest BCUT2D eigenvalue weighted by Crippen LogP contribution is 2.11. The summed E-state index contributed by atoms with van der Waals surface area (Å²) in [7, 11) is 0. The Hall–Kier alpha value is -2.35. The minimum absolute atomic E-state index is 0.449. The predicted molar refractivity (Wildman–Crippen MR) is 80.1 cm³/mol. The molecule has 0 bridgehead atoms. The predicted octanol–water partition coefficient (Wildman–Crippen LogP) is 4.19. The van der Waals surface area contributed by atoms with Gasteiger partial charge in [-0.3, -0.25) is 0 Å². The van der Waals surface area contributed by atoms with Gasteiger partial charge in [0.1, 0.15) is 6.61 Å². The fraction of sp³-hybridized carbons (Fsp3) is 0.118. The van der Waals surface area contributed by atoms with E-state index in [-0.39, 0.29) is 0 Å². The summed E-state index contributed by atoms with van der Waals surface area (Å²) < 4.78 is 0. The summed E-state index contributed by atoms with van der Waals surface area (Å²) in [5.74, 6) is 0. The molecule has 2 aromatic carbocycles. The average molecular weight is 251 g/mol. The van der Waals surface area contributed by atoms with E-state index in [4.69, 9.17) is 4.84 Å². The van der Waals surface area contributed by atoms with E-state index in [1.54, 1.807) is 6.21 Å². The van der Waals surface area contributed by atoms with Gasteiger partial charge in [0.05, 0.1) is 6.21 Å². The highest BCUT2D eigenvalue weighted by molar-refractivity contribution is 5.79. The van der Waals surface area contributed by atoms with Crippen LogP contribution in [0.2, 0.25) is 0 Å². The number of hydrogen-bond donors (Lipinski definition) is 0. The largest absolute Gasteiger partial charge is 0.391 e. The van der Waals surface area contributed by atoms with Crippen molar-refractivity contribution in [3.8, 4) is 0 Å². The first-order chi connectivity index (χ1) is 9.29. The maximum Gasteiger partial charge on any atom is 0.142 e. The van der Waals surface area contributed by atoms with Crippen LogP contribution >= 0.6 is 0 Å². The van der Waals surface area contributed by atoms with Crippen LogP contribution in [0.5, 0.6) is 0 Å². The summed E-state index contributed by atoms with van der Waals surface area (Å²) in [5.41, 5.74) is 4.42. The molecule has 0 aromatic heterocycles. The van der Waals surface area contributed by atoms with Crippen LogP contribution in [0, 0.1) is 6.92 Å². The van der Waals surface area contributed by atoms with Crippen LogP contribution in [0.15, 0.2) is 60.3 Å². The second kappa shape index (κ2) is 6.55. The van der Waals surface area contributed by atoms with Gasteiger partial charge in [0.2, 0.25) is 0 Å². The smallest absolute Gasteiger partial charge is 0.142 e. The van der Waals surface area contributed by atoms with E-state index in [1.165, 1.54) is 5.56 Å². The molecule has 0 spiro atoms. The Morgan fingerprint density at radius 3 is 2.58 bits per heavy atom. The molecule has 19 heavy (non-hydrogen) atoms. The van der Waals surface area contributed by atoms with Crippen molar-refractivity contribution in [2.75, 3.05) is 0 Å². The minimum atomic E-state index is 0.449. The van der Waals surface area contributed by atoms with Gasteiger partial charge in [0.25, 0.3) is 0 Å². The fourth-order valence-electron chi connectivity index (χ4n) is 1.72. The Labute approximate surface area is 114 Å². The molecule has 96 valence electrons. The molecule has 0 aliphatic heterocycles. The molecule has 0 radical (unpaired) electrons. The summed E-state index contributed by atoms with van der Waals surface area (Å²) in [4.78, 5) is 5.32. The topological polar surface area (TPSA) is 21.6 Å². The minimum Gasteiger partial charge on any atom is -0.391 e. The monoisotopic (exact) mass is 251 g/mol. The summed E-state index contributed by atoms with van der Waals surface area (Å²) >= 11 is 0. The van der Waals surface area contributed by atoms with Crippen molar-refractivity contribution in [3.63, 3.8) is 0 Å². The first kappa shape index (κ1) is 13.1. The maximum absolute atomic E-state index is 5.32. The summed E-state index contributed by atoms with van der Waals surface area (Å²) in [6.45, 7) is 6.29. The van der Waals surface area contributed by atoms with Gasteiger partial charge in [-0.15, -0.1) is 0 Å². The molecule has 2 nitrogen and oxygen atoms in total. The Morgan fingerprint density at radius 2 is 1.84 bits per heavy atom. The van der Waals surface area contributed by atoms with Crippen molar-refractivity contribution in [2.24, 2.45) is 5.16 Å². The van der Waals surface area contributed by atoms with Gasteiger partial charge in [-0.1, -0.05) is 71.9 Å². The second-order valence-electron chi connectivity index (χ2n) is 4.32. The van der Waals surface area contributed by atoms with Gasteiger partial charge in [-0.2, -0.15) is 0 Å². The van der Waals surface area contributed by atoms with Crippen LogP contribution in [-0.4, -0.2) is 6.21 Å². The van der Waals surface area contributed by atoms with E-state index in [0.717, 1.165) is 16.7 Å². The molecule has 0 atom stereocenters. The second-order valence-corrected chi connectivity index (χ2v) is 4.32. The first-order valence-corrected chi connectivity index (χ1v) is 6.22. The Bertz CT molecular complexity index is 570. The lowest BCUT2D eigenvalue weighted by atomic mass is 10.1. The SMILES string of the molecule is C=Cc1ccccc1CON=Cc1ccc(C)cc1. The Morgan fingerprint density at radius 1 is 1.11 bits per heavy atom. The van der Waals surface area contributed by atoms with Crippen molar-refractivity contribution >= 4 is 12.3 Å². The molecule has 0 aliphatic rings. The van der Waals surface area contributed by atoms with Gasteiger partial charge in [-0.05, 0) is 23.6 Å². The molecule has 0 amide bonds. The number of hydrogen-bond acceptors (Lipinski definition) is 2. The molecule has 0 saturated carbocycles. The van der Waals surface area contributed by atoms with Crippen LogP contribution in [0.4, 0.5) is 0 Å². The number of aryl methyl sites for hydroxylation is 1. The van der Waals surface area contributed by atoms with E-state index in [9.17, 15) is 0 Å². The van der Waals surface area contributed by atoms with E-state index in [2.05, 4.69) is 18.7 Å². The van der Waals surface area contributed by atoms with Crippen LogP contribution in [0.3, 0.4) is 0 Å². The zero-order valence-corrected chi connectivity index (χ0v) is 11.0. The lowest BCUT2D eigenvalue weighted by molar-refractivity contribution is 0.132. The van der Waals surface area contributed by atoms with Gasteiger partial charge in [-0.25, -0.2) is 0 Å². The van der Waals surface area contributed by atoms with E-state index < -0.39 is 0 Å². The molecular formula is C17H17NO. The van der Waals surface area contributed by atoms with Crippen LogP contribution in [0.25, 0.3) is 6.08 Å². The number of rotatable bonds is 5. The van der Waals surface area contributed by atoms with E-state index >= 15 is 0 Å².